The SMILES string of the molecule is CC(C)(C)c1ccc(C(=O)Oc2cc(N)n(S(=O)(=O)c3ccccc3)n2)cc1. The van der Waals surface area contributed by atoms with Gasteiger partial charge in [0.15, 0.2) is 0 Å². The topological polar surface area (TPSA) is 104 Å². The van der Waals surface area contributed by atoms with Crippen LogP contribution < -0.4 is 10.5 Å². The number of rotatable bonds is 4. The van der Waals surface area contributed by atoms with Gasteiger partial charge in [0, 0.05) is 6.07 Å². The standard InChI is InChI=1S/C20H21N3O4S/c1-20(2,3)15-11-9-14(10-12-15)19(24)27-18-13-17(21)23(22-18)28(25,26)16-7-5-4-6-8-16/h4-13H,21H2,1-3H3. The Kier molecular flexibility index (Phi) is 4.99. The van der Waals surface area contributed by atoms with Crippen molar-refractivity contribution >= 4 is 21.8 Å². The second-order valence-corrected chi connectivity index (χ2v) is 9.05. The minimum atomic E-state index is -3.98. The van der Waals surface area contributed by atoms with Crippen LogP contribution in [0.4, 0.5) is 5.82 Å². The van der Waals surface area contributed by atoms with Gasteiger partial charge in [0.2, 0.25) is 5.88 Å². The van der Waals surface area contributed by atoms with Crippen LogP contribution in [0.25, 0.3) is 0 Å². The molecule has 0 spiro atoms. The lowest BCUT2D eigenvalue weighted by Crippen LogP contribution is -2.17. The molecule has 146 valence electrons. The number of nitrogen functional groups attached to an aromatic ring is 1. The van der Waals surface area contributed by atoms with E-state index in [2.05, 4.69) is 25.9 Å². The largest absolute Gasteiger partial charge is 0.402 e. The van der Waals surface area contributed by atoms with Gasteiger partial charge < -0.3 is 10.5 Å². The van der Waals surface area contributed by atoms with Crippen LogP contribution >= 0.6 is 0 Å². The number of hydrogen-bond acceptors (Lipinski definition) is 6. The van der Waals surface area contributed by atoms with Crippen molar-refractivity contribution in [1.82, 2.24) is 9.19 Å². The van der Waals surface area contributed by atoms with Gasteiger partial charge in [-0.3, -0.25) is 0 Å². The van der Waals surface area contributed by atoms with Gasteiger partial charge >= 0.3 is 5.97 Å². The van der Waals surface area contributed by atoms with Crippen molar-refractivity contribution in [3.05, 3.63) is 71.8 Å². The quantitative estimate of drug-likeness (QED) is 0.676. The molecule has 28 heavy (non-hydrogen) atoms. The van der Waals surface area contributed by atoms with E-state index in [1.54, 1.807) is 30.3 Å². The minimum Gasteiger partial charge on any atom is -0.402 e. The van der Waals surface area contributed by atoms with Crippen LogP contribution in [0.5, 0.6) is 5.88 Å². The molecule has 0 atom stereocenters. The van der Waals surface area contributed by atoms with Crippen LogP contribution in [0, 0.1) is 0 Å². The molecule has 0 fully saturated rings. The lowest BCUT2D eigenvalue weighted by molar-refractivity contribution is 0.0727. The van der Waals surface area contributed by atoms with Crippen LogP contribution in [-0.2, 0) is 15.4 Å². The minimum absolute atomic E-state index is 0.0282. The van der Waals surface area contributed by atoms with E-state index in [0.717, 1.165) is 5.56 Å². The van der Waals surface area contributed by atoms with Crippen molar-refractivity contribution in [1.29, 1.82) is 0 Å². The van der Waals surface area contributed by atoms with E-state index in [0.29, 0.717) is 9.65 Å². The summed E-state index contributed by atoms with van der Waals surface area (Å²) in [6.07, 6.45) is 0. The molecule has 0 saturated carbocycles. The van der Waals surface area contributed by atoms with Crippen molar-refractivity contribution in [2.75, 3.05) is 5.73 Å². The Labute approximate surface area is 163 Å². The molecule has 0 unspecified atom stereocenters. The van der Waals surface area contributed by atoms with E-state index in [-0.39, 0.29) is 22.0 Å². The van der Waals surface area contributed by atoms with Gasteiger partial charge in [-0.05, 0) is 35.2 Å². The maximum atomic E-state index is 12.6. The molecule has 8 heteroatoms. The molecule has 0 aliphatic carbocycles. The Morgan fingerprint density at radius 1 is 1.04 bits per heavy atom. The summed E-state index contributed by atoms with van der Waals surface area (Å²) < 4.78 is 31.1. The van der Waals surface area contributed by atoms with Crippen molar-refractivity contribution in [2.24, 2.45) is 0 Å². The zero-order valence-corrected chi connectivity index (χ0v) is 16.6. The summed E-state index contributed by atoms with van der Waals surface area (Å²) in [6.45, 7) is 6.22. The lowest BCUT2D eigenvalue weighted by Gasteiger charge is -2.18. The third kappa shape index (κ3) is 3.91. The predicted octanol–water partition coefficient (Wildman–Crippen LogP) is 3.22. The summed E-state index contributed by atoms with van der Waals surface area (Å²) in [7, 11) is -3.98. The fourth-order valence-electron chi connectivity index (χ4n) is 2.55. The van der Waals surface area contributed by atoms with Crippen LogP contribution in [0.1, 0.15) is 36.7 Å². The number of nitrogens with zero attached hydrogens (tertiary/aromatic N) is 2. The van der Waals surface area contributed by atoms with Gasteiger partial charge in [-0.25, -0.2) is 4.79 Å². The summed E-state index contributed by atoms with van der Waals surface area (Å²) in [5, 5.41) is 3.84. The number of benzene rings is 2. The Morgan fingerprint density at radius 3 is 2.21 bits per heavy atom. The molecule has 0 saturated heterocycles. The first kappa shape index (κ1) is 19.6. The number of carbonyl (C=O) groups excluding carboxylic acids is 1. The van der Waals surface area contributed by atoms with E-state index in [9.17, 15) is 13.2 Å². The highest BCUT2D eigenvalue weighted by Gasteiger charge is 2.23. The number of hydrogen-bond donors (Lipinski definition) is 1. The Balaban J connectivity index is 1.83. The number of aromatic nitrogens is 2. The van der Waals surface area contributed by atoms with Crippen LogP contribution in [0.15, 0.2) is 65.6 Å². The molecule has 3 aromatic rings. The molecule has 0 radical (unpaired) electrons. The van der Waals surface area contributed by atoms with E-state index in [1.165, 1.54) is 18.2 Å². The number of nitrogens with two attached hydrogens (primary N) is 1. The second-order valence-electron chi connectivity index (χ2n) is 7.29. The van der Waals surface area contributed by atoms with Crippen molar-refractivity contribution in [3.63, 3.8) is 0 Å². The zero-order chi connectivity index (χ0) is 20.5. The zero-order valence-electron chi connectivity index (χ0n) is 15.8. The molecule has 2 aromatic carbocycles. The van der Waals surface area contributed by atoms with Crippen LogP contribution in [-0.4, -0.2) is 23.6 Å². The highest BCUT2D eigenvalue weighted by molar-refractivity contribution is 7.90. The number of anilines is 1. The van der Waals surface area contributed by atoms with Gasteiger partial charge in [-0.15, -0.1) is 9.19 Å². The summed E-state index contributed by atoms with van der Waals surface area (Å²) in [5.74, 6) is -1.00. The van der Waals surface area contributed by atoms with Crippen LogP contribution in [0.2, 0.25) is 0 Å². The predicted molar refractivity (Wildman–Crippen MR) is 106 cm³/mol. The van der Waals surface area contributed by atoms with E-state index in [4.69, 9.17) is 10.5 Å². The lowest BCUT2D eigenvalue weighted by atomic mass is 9.87. The number of carbonyl (C=O) groups is 1. The Hall–Kier alpha value is -3.13. The van der Waals surface area contributed by atoms with Gasteiger partial charge in [0.05, 0.1) is 10.5 Å². The summed E-state index contributed by atoms with van der Waals surface area (Å²) in [6, 6.07) is 16.0. The molecule has 7 nitrogen and oxygen atoms in total. The van der Waals surface area contributed by atoms with Crippen molar-refractivity contribution < 1.29 is 17.9 Å². The molecular weight excluding hydrogens is 378 g/mol. The summed E-state index contributed by atoms with van der Waals surface area (Å²) in [5.41, 5.74) is 7.14. The average molecular weight is 399 g/mol. The molecule has 3 rings (SSSR count). The molecule has 0 aliphatic heterocycles. The summed E-state index contributed by atoms with van der Waals surface area (Å²) >= 11 is 0. The molecule has 1 heterocycles. The highest BCUT2D eigenvalue weighted by atomic mass is 32.2. The third-order valence-corrected chi connectivity index (χ3v) is 5.75. The summed E-state index contributed by atoms with van der Waals surface area (Å²) in [4.78, 5) is 12.4. The molecule has 0 bridgehead atoms. The normalized spacial score (nSPS) is 12.0. The van der Waals surface area contributed by atoms with Crippen LogP contribution in [0.3, 0.4) is 0 Å². The molecule has 0 aliphatic rings. The number of ether oxygens (including phenoxy) is 1. The highest BCUT2D eigenvalue weighted by Crippen LogP contribution is 2.24. The van der Waals surface area contributed by atoms with Crippen molar-refractivity contribution in [3.8, 4) is 5.88 Å². The molecule has 2 N–H and O–H groups in total. The first-order valence-corrected chi connectivity index (χ1v) is 10.0. The van der Waals surface area contributed by atoms with Crippen molar-refractivity contribution in [2.45, 2.75) is 31.1 Å². The van der Waals surface area contributed by atoms with Gasteiger partial charge in [-0.2, -0.15) is 8.42 Å². The van der Waals surface area contributed by atoms with E-state index >= 15 is 0 Å². The molecular formula is C20H21N3O4S. The Bertz CT molecular complexity index is 1100. The third-order valence-electron chi connectivity index (χ3n) is 4.13. The van der Waals surface area contributed by atoms with Gasteiger partial charge in [-0.1, -0.05) is 51.1 Å². The van der Waals surface area contributed by atoms with Gasteiger partial charge in [0.1, 0.15) is 5.82 Å². The Morgan fingerprint density at radius 2 is 1.64 bits per heavy atom. The fraction of sp³-hybridized carbons (Fsp3) is 0.200. The van der Waals surface area contributed by atoms with Gasteiger partial charge in [0.25, 0.3) is 10.0 Å². The monoisotopic (exact) mass is 399 g/mol. The fourth-order valence-corrected chi connectivity index (χ4v) is 3.77. The maximum absolute atomic E-state index is 12.6. The molecule has 1 aromatic heterocycles. The average Bonchev–Trinajstić information content (AvgIpc) is 3.03. The smallest absolute Gasteiger partial charge is 0.344 e. The maximum Gasteiger partial charge on any atom is 0.344 e. The van der Waals surface area contributed by atoms with E-state index in [1.807, 2.05) is 12.1 Å². The number of esters is 1. The molecule has 0 amide bonds. The first-order valence-electron chi connectivity index (χ1n) is 8.58. The van der Waals surface area contributed by atoms with E-state index < -0.39 is 16.0 Å². The second kappa shape index (κ2) is 7.12. The first-order chi connectivity index (χ1) is 13.1.